The number of hydrogen-bond acceptors (Lipinski definition) is 4. The fraction of sp³-hybridized carbons (Fsp3) is 0.588. The quantitative estimate of drug-likeness (QED) is 0.840. The molecule has 2 aliphatic heterocycles. The van der Waals surface area contributed by atoms with Gasteiger partial charge in [-0.15, -0.1) is 0 Å². The minimum Gasteiger partial charge on any atom is -0.465 e. The second kappa shape index (κ2) is 6.16. The van der Waals surface area contributed by atoms with Gasteiger partial charge in [0.05, 0.1) is 13.2 Å². The van der Waals surface area contributed by atoms with E-state index in [4.69, 9.17) is 4.74 Å². The van der Waals surface area contributed by atoms with Gasteiger partial charge < -0.3 is 14.7 Å². The van der Waals surface area contributed by atoms with Crippen LogP contribution < -0.4 is 0 Å². The Labute approximate surface area is 125 Å². The second-order valence-electron chi connectivity index (χ2n) is 6.32. The van der Waals surface area contributed by atoms with Crippen LogP contribution in [0.15, 0.2) is 30.3 Å². The predicted octanol–water partition coefficient (Wildman–Crippen LogP) is 1.79. The lowest BCUT2D eigenvalue weighted by atomic mass is 9.74. The maximum Gasteiger partial charge on any atom is 0.315 e. The molecule has 1 saturated carbocycles. The lowest BCUT2D eigenvalue weighted by molar-refractivity contribution is -0.150. The molecule has 3 fully saturated rings. The molecule has 2 saturated heterocycles. The van der Waals surface area contributed by atoms with E-state index in [1.165, 1.54) is 6.42 Å². The van der Waals surface area contributed by atoms with Gasteiger partial charge in [0.2, 0.25) is 0 Å². The van der Waals surface area contributed by atoms with Gasteiger partial charge in [-0.2, -0.15) is 0 Å². The van der Waals surface area contributed by atoms with Crippen LogP contribution in [0.25, 0.3) is 0 Å². The molecule has 0 amide bonds. The number of benzene rings is 1. The third kappa shape index (κ3) is 2.97. The molecule has 114 valence electrons. The number of esters is 1. The first-order valence-electron chi connectivity index (χ1n) is 7.73. The number of aliphatic hydroxyl groups excluding tert-OH is 1. The number of fused-ring (bicyclic) bond motifs is 2. The number of aliphatic hydroxyl groups is 1. The molecule has 0 radical (unpaired) electrons. The number of piperidine rings is 1. The fourth-order valence-corrected chi connectivity index (χ4v) is 3.64. The molecule has 1 N–H and O–H groups in total. The maximum absolute atomic E-state index is 12.2. The van der Waals surface area contributed by atoms with Crippen molar-refractivity contribution in [2.24, 2.45) is 5.92 Å². The van der Waals surface area contributed by atoms with Crippen LogP contribution in [-0.4, -0.2) is 48.3 Å². The third-order valence-electron chi connectivity index (χ3n) is 5.04. The van der Waals surface area contributed by atoms with Crippen molar-refractivity contribution in [2.75, 3.05) is 20.3 Å². The van der Waals surface area contributed by atoms with Crippen molar-refractivity contribution in [1.82, 2.24) is 4.90 Å². The van der Waals surface area contributed by atoms with Crippen LogP contribution in [0.1, 0.15) is 30.7 Å². The van der Waals surface area contributed by atoms with E-state index < -0.39 is 5.92 Å². The summed E-state index contributed by atoms with van der Waals surface area (Å²) in [6.07, 6.45) is 3.54. The Morgan fingerprint density at radius 1 is 1.29 bits per heavy atom. The molecule has 0 aromatic heterocycles. The average Bonchev–Trinajstić information content (AvgIpc) is 2.54. The van der Waals surface area contributed by atoms with E-state index >= 15 is 0 Å². The Balaban J connectivity index is 1.52. The van der Waals surface area contributed by atoms with Crippen molar-refractivity contribution < 1.29 is 14.6 Å². The van der Waals surface area contributed by atoms with Crippen molar-refractivity contribution in [1.29, 1.82) is 0 Å². The molecule has 2 bridgehead atoms. The van der Waals surface area contributed by atoms with Gasteiger partial charge in [0, 0.05) is 12.1 Å². The van der Waals surface area contributed by atoms with Crippen molar-refractivity contribution in [3.05, 3.63) is 35.9 Å². The van der Waals surface area contributed by atoms with Crippen molar-refractivity contribution in [3.63, 3.8) is 0 Å². The minimum absolute atomic E-state index is 0.207. The molecule has 4 heteroatoms. The fourth-order valence-electron chi connectivity index (χ4n) is 3.64. The first kappa shape index (κ1) is 14.5. The van der Waals surface area contributed by atoms with Crippen LogP contribution in [0, 0.1) is 5.92 Å². The van der Waals surface area contributed by atoms with Gasteiger partial charge in [-0.25, -0.2) is 0 Å². The number of carbonyl (C=O) groups excluding carboxylic acids is 1. The summed E-state index contributed by atoms with van der Waals surface area (Å²) in [5.74, 6) is -0.396. The summed E-state index contributed by atoms with van der Waals surface area (Å²) < 4.78 is 5.48. The molecule has 1 aromatic carbocycles. The molecule has 21 heavy (non-hydrogen) atoms. The Bertz CT molecular complexity index is 478. The van der Waals surface area contributed by atoms with E-state index in [-0.39, 0.29) is 12.6 Å². The summed E-state index contributed by atoms with van der Waals surface area (Å²) in [4.78, 5) is 14.6. The van der Waals surface area contributed by atoms with Gasteiger partial charge in [-0.3, -0.25) is 4.79 Å². The molecular weight excluding hydrogens is 266 g/mol. The standard InChI is InChI=1S/C17H23NO3/c1-18-14-7-12(8-15(18)9-14)11-21-17(20)16(10-19)13-5-3-2-4-6-13/h2-6,12,14-16,19H,7-11H2,1H3/t14-,15-,16+/m1/s1. The van der Waals surface area contributed by atoms with Gasteiger partial charge >= 0.3 is 5.97 Å². The zero-order chi connectivity index (χ0) is 14.8. The van der Waals surface area contributed by atoms with Crippen LogP contribution in [-0.2, 0) is 9.53 Å². The maximum atomic E-state index is 12.2. The van der Waals surface area contributed by atoms with Crippen molar-refractivity contribution in [2.45, 2.75) is 37.3 Å². The van der Waals surface area contributed by atoms with E-state index in [2.05, 4.69) is 11.9 Å². The van der Waals surface area contributed by atoms with Gasteiger partial charge in [0.15, 0.2) is 0 Å². The SMILES string of the molecule is CN1[C@@H]2CC(COC(=O)[C@@H](CO)c3ccccc3)C[C@@H]1C2. The Kier molecular flexibility index (Phi) is 4.27. The Morgan fingerprint density at radius 2 is 1.95 bits per heavy atom. The molecule has 2 heterocycles. The van der Waals surface area contributed by atoms with Crippen LogP contribution in [0.3, 0.4) is 0 Å². The summed E-state index contributed by atoms with van der Waals surface area (Å²) in [6.45, 7) is 0.282. The zero-order valence-corrected chi connectivity index (χ0v) is 12.4. The largest absolute Gasteiger partial charge is 0.465 e. The molecule has 0 unspecified atom stereocenters. The van der Waals surface area contributed by atoms with Crippen molar-refractivity contribution in [3.8, 4) is 0 Å². The number of carbonyl (C=O) groups is 1. The average molecular weight is 289 g/mol. The van der Waals surface area contributed by atoms with Crippen molar-refractivity contribution >= 4 is 5.97 Å². The van der Waals surface area contributed by atoms with E-state index in [9.17, 15) is 9.90 Å². The minimum atomic E-state index is -0.563. The second-order valence-corrected chi connectivity index (χ2v) is 6.32. The molecular formula is C17H23NO3. The Morgan fingerprint density at radius 3 is 2.52 bits per heavy atom. The van der Waals surface area contributed by atoms with Crippen LogP contribution in [0.2, 0.25) is 0 Å². The lowest BCUT2D eigenvalue weighted by Crippen LogP contribution is -2.59. The van der Waals surface area contributed by atoms with Gasteiger partial charge in [0.25, 0.3) is 0 Å². The van der Waals surface area contributed by atoms with E-state index in [1.807, 2.05) is 30.3 Å². The number of nitrogens with zero attached hydrogens (tertiary/aromatic N) is 1. The zero-order valence-electron chi connectivity index (χ0n) is 12.4. The monoisotopic (exact) mass is 289 g/mol. The number of ether oxygens (including phenoxy) is 1. The number of hydrogen-bond donors (Lipinski definition) is 1. The van der Waals surface area contributed by atoms with E-state index in [0.717, 1.165) is 18.4 Å². The van der Waals surface area contributed by atoms with Gasteiger partial charge in [-0.05, 0) is 37.8 Å². The van der Waals surface area contributed by atoms with Gasteiger partial charge in [0.1, 0.15) is 5.92 Å². The molecule has 1 aliphatic carbocycles. The first-order chi connectivity index (χ1) is 10.2. The van der Waals surface area contributed by atoms with Crippen LogP contribution in [0.4, 0.5) is 0 Å². The van der Waals surface area contributed by atoms with Gasteiger partial charge in [-0.1, -0.05) is 30.3 Å². The lowest BCUT2D eigenvalue weighted by Gasteiger charge is -2.53. The summed E-state index contributed by atoms with van der Waals surface area (Å²) in [5, 5.41) is 9.46. The molecule has 4 rings (SSSR count). The molecule has 4 nitrogen and oxygen atoms in total. The Hall–Kier alpha value is -1.39. The predicted molar refractivity (Wildman–Crippen MR) is 79.9 cm³/mol. The molecule has 0 spiro atoms. The normalized spacial score (nSPS) is 29.5. The van der Waals surface area contributed by atoms with E-state index in [0.29, 0.717) is 24.6 Å². The number of rotatable bonds is 5. The highest BCUT2D eigenvalue weighted by Crippen LogP contribution is 2.40. The summed E-state index contributed by atoms with van der Waals surface area (Å²) >= 11 is 0. The summed E-state index contributed by atoms with van der Waals surface area (Å²) in [6, 6.07) is 10.7. The molecule has 3 atom stereocenters. The summed E-state index contributed by atoms with van der Waals surface area (Å²) in [7, 11) is 2.18. The summed E-state index contributed by atoms with van der Waals surface area (Å²) in [5.41, 5.74) is 0.816. The highest BCUT2D eigenvalue weighted by Gasteiger charge is 2.43. The molecule has 1 aromatic rings. The topological polar surface area (TPSA) is 49.8 Å². The highest BCUT2D eigenvalue weighted by molar-refractivity contribution is 5.78. The van der Waals surface area contributed by atoms with Crippen LogP contribution >= 0.6 is 0 Å². The molecule has 3 aliphatic rings. The third-order valence-corrected chi connectivity index (χ3v) is 5.04. The van der Waals surface area contributed by atoms with Crippen LogP contribution in [0.5, 0.6) is 0 Å². The van der Waals surface area contributed by atoms with E-state index in [1.54, 1.807) is 0 Å². The first-order valence-corrected chi connectivity index (χ1v) is 7.73. The smallest absolute Gasteiger partial charge is 0.315 e. The highest BCUT2D eigenvalue weighted by atomic mass is 16.5.